The number of methoxy groups -OCH3 is 1. The number of benzene rings is 1. The van der Waals surface area contributed by atoms with Gasteiger partial charge < -0.3 is 20.3 Å². The van der Waals surface area contributed by atoms with Gasteiger partial charge in [-0.25, -0.2) is 4.39 Å². The Labute approximate surface area is 118 Å². The van der Waals surface area contributed by atoms with E-state index in [9.17, 15) is 9.65 Å². The van der Waals surface area contributed by atoms with E-state index in [-0.39, 0.29) is 12.6 Å². The summed E-state index contributed by atoms with van der Waals surface area (Å²) in [6.45, 7) is 0.736. The van der Waals surface area contributed by atoms with Gasteiger partial charge in [0.15, 0.2) is 0 Å². The van der Waals surface area contributed by atoms with Crippen LogP contribution in [0.5, 0.6) is 5.75 Å². The molecule has 0 aromatic heterocycles. The molecular formula is C14H19FN4O. The van der Waals surface area contributed by atoms with E-state index < -0.39 is 6.17 Å². The van der Waals surface area contributed by atoms with Gasteiger partial charge in [0, 0.05) is 6.54 Å². The van der Waals surface area contributed by atoms with Crippen LogP contribution >= 0.6 is 0 Å². The largest absolute Gasteiger partial charge is 0.495 e. The van der Waals surface area contributed by atoms with Gasteiger partial charge in [0.2, 0.25) is 0 Å². The summed E-state index contributed by atoms with van der Waals surface area (Å²) in [5.41, 5.74) is 7.15. The number of hydrogen-bond donors (Lipinski definition) is 1. The van der Waals surface area contributed by atoms with Crippen molar-refractivity contribution in [1.29, 1.82) is 5.26 Å². The summed E-state index contributed by atoms with van der Waals surface area (Å²) < 4.78 is 19.4. The summed E-state index contributed by atoms with van der Waals surface area (Å²) in [5, 5.41) is 9.30. The van der Waals surface area contributed by atoms with Crippen LogP contribution in [0, 0.1) is 11.3 Å². The van der Waals surface area contributed by atoms with Gasteiger partial charge in [-0.15, -0.1) is 0 Å². The van der Waals surface area contributed by atoms with Crippen LogP contribution in [0.3, 0.4) is 0 Å². The highest BCUT2D eigenvalue weighted by Gasteiger charge is 2.36. The highest BCUT2D eigenvalue weighted by Crippen LogP contribution is 2.38. The Bertz CT molecular complexity index is 541. The number of nitrogens with two attached hydrogens (primary N) is 1. The summed E-state index contributed by atoms with van der Waals surface area (Å²) in [5.74, 6) is 0.544. The molecule has 0 aliphatic carbocycles. The maximum Gasteiger partial charge on any atom is 0.143 e. The molecule has 0 amide bonds. The van der Waals surface area contributed by atoms with Crippen LogP contribution in [-0.2, 0) is 0 Å². The predicted molar refractivity (Wildman–Crippen MR) is 76.7 cm³/mol. The highest BCUT2D eigenvalue weighted by molar-refractivity contribution is 5.76. The first-order chi connectivity index (χ1) is 9.49. The summed E-state index contributed by atoms with van der Waals surface area (Å²) >= 11 is 0. The maximum atomic E-state index is 14.1. The van der Waals surface area contributed by atoms with Crippen LogP contribution in [0.2, 0.25) is 0 Å². The number of alkyl halides is 1. The van der Waals surface area contributed by atoms with E-state index in [1.54, 1.807) is 12.1 Å². The molecular weight excluding hydrogens is 259 g/mol. The Morgan fingerprint density at radius 2 is 2.15 bits per heavy atom. The summed E-state index contributed by atoms with van der Waals surface area (Å²) in [4.78, 5) is 3.69. The molecule has 0 saturated carbocycles. The molecule has 0 radical (unpaired) electrons. The first-order valence-electron chi connectivity index (χ1n) is 6.41. The molecule has 1 aliphatic rings. The first-order valence-corrected chi connectivity index (χ1v) is 6.41. The number of rotatable bonds is 3. The molecule has 1 fully saturated rings. The minimum absolute atomic E-state index is 0.201. The lowest BCUT2D eigenvalue weighted by Gasteiger charge is -2.24. The zero-order chi connectivity index (χ0) is 14.9. The maximum absolute atomic E-state index is 14.1. The van der Waals surface area contributed by atoms with E-state index in [4.69, 9.17) is 10.5 Å². The Balaban J connectivity index is 2.43. The van der Waals surface area contributed by atoms with E-state index in [2.05, 4.69) is 6.07 Å². The molecule has 2 rings (SSSR count). The molecule has 2 N–H and O–H groups in total. The summed E-state index contributed by atoms with van der Waals surface area (Å²) in [6.07, 6.45) is -0.970. The van der Waals surface area contributed by atoms with Crippen molar-refractivity contribution in [1.82, 2.24) is 4.90 Å². The normalized spacial score (nSPS) is 22.1. The molecule has 1 heterocycles. The minimum atomic E-state index is -0.970. The second kappa shape index (κ2) is 5.55. The van der Waals surface area contributed by atoms with Gasteiger partial charge in [0.25, 0.3) is 0 Å². The Hall–Kier alpha value is -2.00. The fraction of sp³-hybridized carbons (Fsp3) is 0.500. The van der Waals surface area contributed by atoms with Crippen LogP contribution in [-0.4, -0.2) is 51.4 Å². The standard InChI is InChI=1S/C14H19FN4O/c1-18(2)12-8-19(7-10(12)15)14-9(6-16)11(17)4-5-13(14)20-3/h4-5,10,12H,7-8,17H2,1-3H3/t10-,12+/m0/s1. The Morgan fingerprint density at radius 3 is 2.65 bits per heavy atom. The van der Waals surface area contributed by atoms with Crippen LogP contribution in [0.25, 0.3) is 0 Å². The number of likely N-dealkylation sites (N-methyl/N-ethyl adjacent to an activating group) is 1. The lowest BCUT2D eigenvalue weighted by Crippen LogP contribution is -2.36. The molecule has 0 spiro atoms. The lowest BCUT2D eigenvalue weighted by atomic mass is 10.1. The van der Waals surface area contributed by atoms with Crippen molar-refractivity contribution in [2.45, 2.75) is 12.2 Å². The number of anilines is 2. The fourth-order valence-electron chi connectivity index (χ4n) is 2.60. The topological polar surface area (TPSA) is 65.5 Å². The van der Waals surface area contributed by atoms with Crippen molar-refractivity contribution in [2.24, 2.45) is 0 Å². The molecule has 5 nitrogen and oxygen atoms in total. The smallest absolute Gasteiger partial charge is 0.143 e. The third-order valence-corrected chi connectivity index (χ3v) is 3.70. The van der Waals surface area contributed by atoms with Crippen molar-refractivity contribution in [3.8, 4) is 11.8 Å². The van der Waals surface area contributed by atoms with Crippen molar-refractivity contribution in [3.05, 3.63) is 17.7 Å². The molecule has 1 aliphatic heterocycles. The van der Waals surface area contributed by atoms with Crippen LogP contribution < -0.4 is 15.4 Å². The van der Waals surface area contributed by atoms with E-state index in [1.165, 1.54) is 7.11 Å². The van der Waals surface area contributed by atoms with E-state index >= 15 is 0 Å². The zero-order valence-electron chi connectivity index (χ0n) is 11.9. The predicted octanol–water partition coefficient (Wildman–Crippen LogP) is 1.24. The van der Waals surface area contributed by atoms with Gasteiger partial charge in [-0.1, -0.05) is 0 Å². The molecule has 0 bridgehead atoms. The Kier molecular flexibility index (Phi) is 4.00. The lowest BCUT2D eigenvalue weighted by molar-refractivity contribution is 0.202. The second-order valence-electron chi connectivity index (χ2n) is 5.14. The number of nitrogens with zero attached hydrogens (tertiary/aromatic N) is 3. The fourth-order valence-corrected chi connectivity index (χ4v) is 2.60. The number of hydrogen-bond acceptors (Lipinski definition) is 5. The average Bonchev–Trinajstić information content (AvgIpc) is 2.80. The average molecular weight is 278 g/mol. The number of ether oxygens (including phenoxy) is 1. The van der Waals surface area contributed by atoms with E-state index in [0.717, 1.165) is 0 Å². The van der Waals surface area contributed by atoms with Gasteiger partial charge in [0.1, 0.15) is 23.6 Å². The number of nitriles is 1. The molecule has 1 saturated heterocycles. The van der Waals surface area contributed by atoms with Crippen molar-refractivity contribution in [2.75, 3.05) is 44.9 Å². The van der Waals surface area contributed by atoms with Crippen molar-refractivity contribution >= 4 is 11.4 Å². The monoisotopic (exact) mass is 278 g/mol. The Morgan fingerprint density at radius 1 is 1.45 bits per heavy atom. The molecule has 108 valence electrons. The molecule has 2 atom stereocenters. The molecule has 1 aromatic rings. The van der Waals surface area contributed by atoms with Gasteiger partial charge in [-0.2, -0.15) is 5.26 Å². The summed E-state index contributed by atoms with van der Waals surface area (Å²) in [6, 6.07) is 5.23. The third-order valence-electron chi connectivity index (χ3n) is 3.70. The number of nitrogen functional groups attached to an aromatic ring is 1. The summed E-state index contributed by atoms with van der Waals surface area (Å²) in [7, 11) is 5.23. The van der Waals surface area contributed by atoms with Crippen LogP contribution in [0.15, 0.2) is 12.1 Å². The first kappa shape index (κ1) is 14.4. The van der Waals surface area contributed by atoms with Crippen molar-refractivity contribution in [3.63, 3.8) is 0 Å². The quantitative estimate of drug-likeness (QED) is 0.843. The van der Waals surface area contributed by atoms with Crippen LogP contribution in [0.1, 0.15) is 5.56 Å². The van der Waals surface area contributed by atoms with Crippen LogP contribution in [0.4, 0.5) is 15.8 Å². The third kappa shape index (κ3) is 2.37. The van der Waals surface area contributed by atoms with Gasteiger partial charge in [-0.3, -0.25) is 0 Å². The molecule has 0 unspecified atom stereocenters. The van der Waals surface area contributed by atoms with Gasteiger partial charge >= 0.3 is 0 Å². The zero-order valence-corrected chi connectivity index (χ0v) is 11.9. The molecule has 6 heteroatoms. The molecule has 20 heavy (non-hydrogen) atoms. The van der Waals surface area contributed by atoms with E-state index in [0.29, 0.717) is 29.2 Å². The van der Waals surface area contributed by atoms with Gasteiger partial charge in [-0.05, 0) is 26.2 Å². The second-order valence-corrected chi connectivity index (χ2v) is 5.14. The van der Waals surface area contributed by atoms with Gasteiger partial charge in [0.05, 0.1) is 31.1 Å². The SMILES string of the molecule is COc1ccc(N)c(C#N)c1N1C[C@@H](N(C)C)[C@@H](F)C1. The molecule has 1 aromatic carbocycles. The minimum Gasteiger partial charge on any atom is -0.495 e. The van der Waals surface area contributed by atoms with E-state index in [1.807, 2.05) is 23.9 Å². The number of halogens is 1. The van der Waals surface area contributed by atoms with Crippen molar-refractivity contribution < 1.29 is 9.13 Å². The highest BCUT2D eigenvalue weighted by atomic mass is 19.1.